The number of fused-ring (bicyclic) bond motifs is 5. The molecule has 5 atom stereocenters. The zero-order valence-electron chi connectivity index (χ0n) is 18.5. The second-order valence-electron chi connectivity index (χ2n) is 9.03. The first kappa shape index (κ1) is 23.6. The fourth-order valence-electron chi connectivity index (χ4n) is 5.36. The summed E-state index contributed by atoms with van der Waals surface area (Å²) < 4.78 is 5.29. The van der Waals surface area contributed by atoms with Gasteiger partial charge in [-0.2, -0.15) is 0 Å². The van der Waals surface area contributed by atoms with E-state index >= 15 is 0 Å². The monoisotopic (exact) mass is 512 g/mol. The molecule has 1 heterocycles. The van der Waals surface area contributed by atoms with Crippen molar-refractivity contribution in [1.29, 1.82) is 0 Å². The molecule has 3 amide bonds. The minimum atomic E-state index is -1.16. The highest BCUT2D eigenvalue weighted by molar-refractivity contribution is 6.35. The molecule has 2 aromatic rings. The van der Waals surface area contributed by atoms with E-state index in [2.05, 4.69) is 5.32 Å². The number of anilines is 1. The number of hydrogen-bond donors (Lipinski definition) is 1. The molecule has 1 aliphatic heterocycles. The summed E-state index contributed by atoms with van der Waals surface area (Å²) in [5.41, 5.74) is 1.05. The molecule has 2 aliphatic carbocycles. The largest absolute Gasteiger partial charge is 0.454 e. The highest BCUT2D eigenvalue weighted by atomic mass is 35.5. The lowest BCUT2D eigenvalue weighted by molar-refractivity contribution is -0.160. The number of likely N-dealkylation sites (tertiary alicyclic amines) is 1. The van der Waals surface area contributed by atoms with Gasteiger partial charge in [-0.25, -0.2) is 4.79 Å². The third-order valence-corrected chi connectivity index (χ3v) is 7.47. The molecule has 2 aromatic carbocycles. The van der Waals surface area contributed by atoms with Crippen LogP contribution >= 0.6 is 23.2 Å². The average molecular weight is 513 g/mol. The highest BCUT2D eigenvalue weighted by Gasteiger charge is 2.61. The summed E-state index contributed by atoms with van der Waals surface area (Å²) in [6, 6.07) is 12.5. The van der Waals surface area contributed by atoms with E-state index < -0.39 is 36.4 Å². The van der Waals surface area contributed by atoms with Gasteiger partial charge in [0.2, 0.25) is 11.8 Å². The number of carbonyl (C=O) groups is 4. The summed E-state index contributed by atoms with van der Waals surface area (Å²) in [7, 11) is 0. The average Bonchev–Trinajstić information content (AvgIpc) is 3.53. The van der Waals surface area contributed by atoms with Crippen LogP contribution in [0.2, 0.25) is 10.0 Å². The van der Waals surface area contributed by atoms with Gasteiger partial charge in [0, 0.05) is 11.4 Å². The summed E-state index contributed by atoms with van der Waals surface area (Å²) in [4.78, 5) is 53.3. The summed E-state index contributed by atoms with van der Waals surface area (Å²) in [6.45, 7) is -0.608. The molecule has 1 N–H and O–H groups in total. The molecule has 2 bridgehead atoms. The molecular weight excluding hydrogens is 491 g/mol. The first-order chi connectivity index (χ1) is 16.8. The maximum Gasteiger partial charge on any atom is 0.330 e. The van der Waals surface area contributed by atoms with Gasteiger partial charge in [0.15, 0.2) is 6.61 Å². The van der Waals surface area contributed by atoms with Gasteiger partial charge in [0.25, 0.3) is 5.91 Å². The van der Waals surface area contributed by atoms with Crippen molar-refractivity contribution in [2.75, 3.05) is 11.9 Å². The number of nitrogens with one attached hydrogen (secondary N) is 1. The van der Waals surface area contributed by atoms with E-state index in [1.807, 2.05) is 42.5 Å². The second-order valence-corrected chi connectivity index (χ2v) is 9.88. The Labute approximate surface area is 212 Å². The molecule has 5 rings (SSSR count). The minimum absolute atomic E-state index is 0.0214. The van der Waals surface area contributed by atoms with Crippen LogP contribution in [0.1, 0.15) is 12.0 Å². The molecule has 35 heavy (non-hydrogen) atoms. The predicted molar refractivity (Wildman–Crippen MR) is 130 cm³/mol. The Kier molecular flexibility index (Phi) is 6.38. The predicted octanol–water partition coefficient (Wildman–Crippen LogP) is 3.89. The Hall–Kier alpha value is -3.16. The van der Waals surface area contributed by atoms with E-state index in [1.54, 1.807) is 6.07 Å². The van der Waals surface area contributed by atoms with E-state index in [4.69, 9.17) is 27.9 Å². The van der Waals surface area contributed by atoms with E-state index in [9.17, 15) is 19.2 Å². The van der Waals surface area contributed by atoms with Crippen molar-refractivity contribution in [3.8, 4) is 0 Å². The molecule has 1 saturated heterocycles. The van der Waals surface area contributed by atoms with Crippen molar-refractivity contribution in [2.24, 2.45) is 23.7 Å². The Morgan fingerprint density at radius 3 is 2.31 bits per heavy atom. The number of imide groups is 1. The molecule has 1 saturated carbocycles. The van der Waals surface area contributed by atoms with Crippen LogP contribution in [-0.2, 0) is 30.3 Å². The minimum Gasteiger partial charge on any atom is -0.454 e. The third kappa shape index (κ3) is 4.46. The van der Waals surface area contributed by atoms with Crippen molar-refractivity contribution in [3.63, 3.8) is 0 Å². The van der Waals surface area contributed by atoms with Gasteiger partial charge < -0.3 is 10.1 Å². The Bertz CT molecular complexity index is 1200. The molecule has 0 spiro atoms. The SMILES string of the molecule is O=C(COC(=O)[C@@H](Cc1ccccc1)N1C(=O)[C@@H]2[C@H](C1=O)[C@H]1C=C[C@H]2C1)Nc1cc(Cl)ccc1Cl. The molecule has 7 nitrogen and oxygen atoms in total. The Morgan fingerprint density at radius 1 is 1.00 bits per heavy atom. The third-order valence-electron chi connectivity index (χ3n) is 6.91. The van der Waals surface area contributed by atoms with Gasteiger partial charge in [0.05, 0.1) is 22.5 Å². The fourth-order valence-corrected chi connectivity index (χ4v) is 5.70. The summed E-state index contributed by atoms with van der Waals surface area (Å²) in [5, 5.41) is 3.20. The quantitative estimate of drug-likeness (QED) is 0.345. The highest BCUT2D eigenvalue weighted by Crippen LogP contribution is 2.53. The van der Waals surface area contributed by atoms with Gasteiger partial charge >= 0.3 is 5.97 Å². The van der Waals surface area contributed by atoms with E-state index in [-0.39, 0.29) is 40.8 Å². The van der Waals surface area contributed by atoms with Gasteiger partial charge in [0.1, 0.15) is 6.04 Å². The lowest BCUT2D eigenvalue weighted by atomic mass is 9.85. The van der Waals surface area contributed by atoms with Crippen LogP contribution in [0.15, 0.2) is 60.7 Å². The molecule has 3 aliphatic rings. The molecule has 0 unspecified atom stereocenters. The summed E-state index contributed by atoms with van der Waals surface area (Å²) >= 11 is 12.0. The molecule has 0 aromatic heterocycles. The van der Waals surface area contributed by atoms with Crippen LogP contribution in [0.5, 0.6) is 0 Å². The number of amides is 3. The number of halogens is 2. The molecular formula is C26H22Cl2N2O5. The van der Waals surface area contributed by atoms with Crippen molar-refractivity contribution < 1.29 is 23.9 Å². The van der Waals surface area contributed by atoms with Gasteiger partial charge in [-0.05, 0) is 42.0 Å². The maximum absolute atomic E-state index is 13.3. The van der Waals surface area contributed by atoms with Gasteiger partial charge in [-0.1, -0.05) is 65.7 Å². The number of carbonyl (C=O) groups excluding carboxylic acids is 4. The number of esters is 1. The van der Waals surface area contributed by atoms with E-state index in [0.29, 0.717) is 5.02 Å². The lowest BCUT2D eigenvalue weighted by Crippen LogP contribution is -2.48. The molecule has 180 valence electrons. The summed E-state index contributed by atoms with van der Waals surface area (Å²) in [5.74, 6) is -2.95. The molecule has 0 radical (unpaired) electrons. The zero-order valence-corrected chi connectivity index (χ0v) is 20.0. The fraction of sp³-hybridized carbons (Fsp3) is 0.308. The number of allylic oxidation sites excluding steroid dienone is 2. The van der Waals surface area contributed by atoms with E-state index in [0.717, 1.165) is 16.9 Å². The van der Waals surface area contributed by atoms with Crippen LogP contribution in [0.4, 0.5) is 5.69 Å². The number of nitrogens with zero attached hydrogens (tertiary/aromatic N) is 1. The van der Waals surface area contributed by atoms with Crippen molar-refractivity contribution >= 4 is 52.6 Å². The van der Waals surface area contributed by atoms with Gasteiger partial charge in [-0.3, -0.25) is 19.3 Å². The van der Waals surface area contributed by atoms with Crippen molar-refractivity contribution in [2.45, 2.75) is 18.9 Å². The normalized spacial score (nSPS) is 25.0. The summed E-state index contributed by atoms with van der Waals surface area (Å²) in [6.07, 6.45) is 4.88. The Balaban J connectivity index is 1.32. The first-order valence-electron chi connectivity index (χ1n) is 11.3. The standard InChI is InChI=1S/C26H22Cl2N2O5/c27-17-8-9-18(28)19(12-17)29-21(31)13-35-26(34)20(10-14-4-2-1-3-5-14)30-24(32)22-15-6-7-16(11-15)23(22)25(30)33/h1-9,12,15-16,20,22-23H,10-11,13H2,(H,29,31)/t15-,16-,20+,22-,23+/m0/s1. The Morgan fingerprint density at radius 2 is 1.66 bits per heavy atom. The number of hydrogen-bond acceptors (Lipinski definition) is 5. The van der Waals surface area contributed by atoms with Crippen LogP contribution in [-0.4, -0.2) is 41.2 Å². The van der Waals surface area contributed by atoms with Crippen molar-refractivity contribution in [3.05, 3.63) is 76.3 Å². The van der Waals surface area contributed by atoms with E-state index in [1.165, 1.54) is 12.1 Å². The van der Waals surface area contributed by atoms with Crippen LogP contribution in [0.25, 0.3) is 0 Å². The first-order valence-corrected chi connectivity index (χ1v) is 12.1. The number of ether oxygens (including phenoxy) is 1. The topological polar surface area (TPSA) is 92.8 Å². The van der Waals surface area contributed by atoms with Crippen LogP contribution < -0.4 is 5.32 Å². The maximum atomic E-state index is 13.3. The van der Waals surface area contributed by atoms with Crippen LogP contribution in [0, 0.1) is 23.7 Å². The van der Waals surface area contributed by atoms with Crippen LogP contribution in [0.3, 0.4) is 0 Å². The molecule has 9 heteroatoms. The lowest BCUT2D eigenvalue weighted by Gasteiger charge is -2.26. The smallest absolute Gasteiger partial charge is 0.330 e. The number of rotatable bonds is 7. The zero-order chi connectivity index (χ0) is 24.7. The van der Waals surface area contributed by atoms with Crippen molar-refractivity contribution in [1.82, 2.24) is 4.90 Å². The molecule has 2 fully saturated rings. The number of benzene rings is 2. The van der Waals surface area contributed by atoms with Gasteiger partial charge in [-0.15, -0.1) is 0 Å². The second kappa shape index (κ2) is 9.47.